The number of benzene rings is 1. The van der Waals surface area contributed by atoms with Crippen LogP contribution >= 0.6 is 11.8 Å². The molecule has 0 heterocycles. The number of hydrogen-bond acceptors (Lipinski definition) is 2. The number of hydrogen-bond donors (Lipinski definition) is 1. The van der Waals surface area contributed by atoms with E-state index in [1.165, 1.54) is 4.90 Å². The summed E-state index contributed by atoms with van der Waals surface area (Å²) in [5.74, 6) is 0. The van der Waals surface area contributed by atoms with Crippen molar-refractivity contribution in [3.63, 3.8) is 0 Å². The lowest BCUT2D eigenvalue weighted by molar-refractivity contribution is 0.133. The molecule has 0 atom stereocenters. The maximum absolute atomic E-state index is 9.40. The fourth-order valence-electron chi connectivity index (χ4n) is 0.778. The predicted octanol–water partition coefficient (Wildman–Crippen LogP) is 3.06. The molecular weight excluding hydrogens is 180 g/mol. The second-order valence-electron chi connectivity index (χ2n) is 3.39. The van der Waals surface area contributed by atoms with Crippen LogP contribution in [0.25, 0.3) is 0 Å². The van der Waals surface area contributed by atoms with E-state index in [1.54, 1.807) is 31.7 Å². The molecule has 13 heavy (non-hydrogen) atoms. The minimum absolute atomic E-state index is 0.720. The average molecular weight is 194 g/mol. The number of thioether (sulfide) groups is 1. The molecule has 0 fully saturated rings. The van der Waals surface area contributed by atoms with Gasteiger partial charge < -0.3 is 5.11 Å². The van der Waals surface area contributed by atoms with E-state index in [-0.39, 0.29) is 0 Å². The van der Waals surface area contributed by atoms with Gasteiger partial charge in [0.15, 0.2) is 0 Å². The number of rotatable bonds is 3. The van der Waals surface area contributed by atoms with E-state index in [4.69, 9.17) is 0 Å². The van der Waals surface area contributed by atoms with Gasteiger partial charge in [-0.2, -0.15) is 0 Å². The standard InChI is InChI=1S/C11H14OS/c1-11(2,12)8-9-13-10-6-4-3-5-7-10/h3-9,12H,1-2H3/b9-8-. The number of aliphatic hydroxyl groups is 1. The molecule has 0 amide bonds. The first kappa shape index (κ1) is 10.4. The molecule has 0 saturated heterocycles. The topological polar surface area (TPSA) is 20.2 Å². The Morgan fingerprint density at radius 1 is 1.23 bits per heavy atom. The van der Waals surface area contributed by atoms with Crippen LogP contribution in [0.4, 0.5) is 0 Å². The third kappa shape index (κ3) is 4.76. The van der Waals surface area contributed by atoms with Crippen molar-refractivity contribution in [1.29, 1.82) is 0 Å². The summed E-state index contributed by atoms with van der Waals surface area (Å²) in [6.07, 6.45) is 1.78. The Hall–Kier alpha value is -0.730. The largest absolute Gasteiger partial charge is 0.386 e. The third-order valence-electron chi connectivity index (χ3n) is 1.42. The molecule has 0 saturated carbocycles. The molecule has 0 unspecified atom stereocenters. The second kappa shape index (κ2) is 4.49. The molecule has 1 rings (SSSR count). The van der Waals surface area contributed by atoms with Gasteiger partial charge in [0, 0.05) is 4.90 Å². The highest BCUT2D eigenvalue weighted by Crippen LogP contribution is 2.19. The van der Waals surface area contributed by atoms with Crippen molar-refractivity contribution >= 4 is 11.8 Å². The minimum atomic E-state index is -0.720. The van der Waals surface area contributed by atoms with E-state index in [9.17, 15) is 5.11 Å². The molecule has 0 spiro atoms. The van der Waals surface area contributed by atoms with Crippen LogP contribution < -0.4 is 0 Å². The molecule has 1 N–H and O–H groups in total. The van der Waals surface area contributed by atoms with E-state index in [0.717, 1.165) is 0 Å². The van der Waals surface area contributed by atoms with Crippen LogP contribution in [-0.4, -0.2) is 10.7 Å². The van der Waals surface area contributed by atoms with Gasteiger partial charge in [-0.15, -0.1) is 0 Å². The summed E-state index contributed by atoms with van der Waals surface area (Å²) in [4.78, 5) is 1.18. The highest BCUT2D eigenvalue weighted by atomic mass is 32.2. The molecule has 2 heteroatoms. The van der Waals surface area contributed by atoms with Crippen LogP contribution in [-0.2, 0) is 0 Å². The molecule has 1 aromatic carbocycles. The summed E-state index contributed by atoms with van der Waals surface area (Å²) < 4.78 is 0. The predicted molar refractivity (Wildman–Crippen MR) is 57.7 cm³/mol. The van der Waals surface area contributed by atoms with E-state index in [2.05, 4.69) is 0 Å². The van der Waals surface area contributed by atoms with Gasteiger partial charge in [-0.05, 0) is 37.5 Å². The fraction of sp³-hybridized carbons (Fsp3) is 0.273. The molecule has 0 aliphatic rings. The molecule has 0 aliphatic carbocycles. The van der Waals surface area contributed by atoms with Gasteiger partial charge in [-0.25, -0.2) is 0 Å². The van der Waals surface area contributed by atoms with Gasteiger partial charge in [-0.3, -0.25) is 0 Å². The lowest BCUT2D eigenvalue weighted by Crippen LogP contribution is -2.13. The maximum Gasteiger partial charge on any atom is 0.0779 e. The summed E-state index contributed by atoms with van der Waals surface area (Å²) in [6, 6.07) is 10.1. The normalized spacial score (nSPS) is 12.2. The zero-order valence-electron chi connectivity index (χ0n) is 7.90. The van der Waals surface area contributed by atoms with Crippen LogP contribution in [0.5, 0.6) is 0 Å². The summed E-state index contributed by atoms with van der Waals surface area (Å²) >= 11 is 1.61. The van der Waals surface area contributed by atoms with E-state index >= 15 is 0 Å². The third-order valence-corrected chi connectivity index (χ3v) is 2.24. The van der Waals surface area contributed by atoms with E-state index in [0.29, 0.717) is 0 Å². The lowest BCUT2D eigenvalue weighted by atomic mass is 10.1. The molecule has 0 aliphatic heterocycles. The Kier molecular flexibility index (Phi) is 3.58. The van der Waals surface area contributed by atoms with Gasteiger partial charge in [-0.1, -0.05) is 30.0 Å². The van der Waals surface area contributed by atoms with Crippen LogP contribution in [0.15, 0.2) is 46.7 Å². The van der Waals surface area contributed by atoms with Gasteiger partial charge in [0.05, 0.1) is 5.60 Å². The first-order chi connectivity index (χ1) is 6.08. The van der Waals surface area contributed by atoms with Crippen LogP contribution in [0.1, 0.15) is 13.8 Å². The van der Waals surface area contributed by atoms with Crippen molar-refractivity contribution in [2.75, 3.05) is 0 Å². The highest BCUT2D eigenvalue weighted by Gasteiger charge is 2.05. The minimum Gasteiger partial charge on any atom is -0.386 e. The van der Waals surface area contributed by atoms with Crippen molar-refractivity contribution in [1.82, 2.24) is 0 Å². The fourth-order valence-corrected chi connectivity index (χ4v) is 1.65. The van der Waals surface area contributed by atoms with Gasteiger partial charge in [0.2, 0.25) is 0 Å². The molecule has 1 aromatic rings. The zero-order valence-corrected chi connectivity index (χ0v) is 8.71. The summed E-state index contributed by atoms with van der Waals surface area (Å²) in [5, 5.41) is 11.3. The van der Waals surface area contributed by atoms with E-state index < -0.39 is 5.60 Å². The Morgan fingerprint density at radius 2 is 1.85 bits per heavy atom. The van der Waals surface area contributed by atoms with Gasteiger partial charge >= 0.3 is 0 Å². The van der Waals surface area contributed by atoms with Crippen LogP contribution in [0.3, 0.4) is 0 Å². The quantitative estimate of drug-likeness (QED) is 0.746. The molecule has 70 valence electrons. The molecular formula is C11H14OS. The first-order valence-electron chi connectivity index (χ1n) is 4.20. The molecule has 0 bridgehead atoms. The van der Waals surface area contributed by atoms with Crippen molar-refractivity contribution < 1.29 is 5.11 Å². The highest BCUT2D eigenvalue weighted by molar-refractivity contribution is 8.02. The summed E-state index contributed by atoms with van der Waals surface area (Å²) in [6.45, 7) is 3.52. The summed E-state index contributed by atoms with van der Waals surface area (Å²) in [7, 11) is 0. The van der Waals surface area contributed by atoms with Crippen LogP contribution in [0, 0.1) is 0 Å². The van der Waals surface area contributed by atoms with Gasteiger partial charge in [0.1, 0.15) is 0 Å². The van der Waals surface area contributed by atoms with Crippen molar-refractivity contribution in [3.8, 4) is 0 Å². The molecule has 0 radical (unpaired) electrons. The summed E-state index contributed by atoms with van der Waals surface area (Å²) in [5.41, 5.74) is -0.720. The SMILES string of the molecule is CC(C)(O)/C=C\Sc1ccccc1. The Bertz CT molecular complexity index is 272. The van der Waals surface area contributed by atoms with Crippen molar-refractivity contribution in [3.05, 3.63) is 41.8 Å². The lowest BCUT2D eigenvalue weighted by Gasteiger charge is -2.09. The monoisotopic (exact) mass is 194 g/mol. The molecule has 0 aromatic heterocycles. The van der Waals surface area contributed by atoms with Crippen molar-refractivity contribution in [2.45, 2.75) is 24.3 Å². The van der Waals surface area contributed by atoms with Crippen LogP contribution in [0.2, 0.25) is 0 Å². The average Bonchev–Trinajstić information content (AvgIpc) is 2.04. The smallest absolute Gasteiger partial charge is 0.0779 e. The van der Waals surface area contributed by atoms with Crippen molar-refractivity contribution in [2.24, 2.45) is 0 Å². The Morgan fingerprint density at radius 3 is 2.38 bits per heavy atom. The zero-order chi connectivity index (χ0) is 9.73. The Balaban J connectivity index is 2.49. The second-order valence-corrected chi connectivity index (χ2v) is 4.37. The molecule has 1 nitrogen and oxygen atoms in total. The van der Waals surface area contributed by atoms with E-state index in [1.807, 2.05) is 35.7 Å². The Labute approximate surface area is 83.5 Å². The van der Waals surface area contributed by atoms with Gasteiger partial charge in [0.25, 0.3) is 0 Å². The maximum atomic E-state index is 9.40. The first-order valence-corrected chi connectivity index (χ1v) is 5.08.